The number of nitrogens with one attached hydrogen (secondary N) is 1. The number of para-hydroxylation sites is 2. The Morgan fingerprint density at radius 1 is 0.578 bits per heavy atom. The summed E-state index contributed by atoms with van der Waals surface area (Å²) in [7, 11) is 0. The molecular formula is C43H34N2. The van der Waals surface area contributed by atoms with Crippen LogP contribution in [-0.2, 0) is 6.42 Å². The van der Waals surface area contributed by atoms with Crippen LogP contribution in [0, 0.1) is 5.92 Å². The Morgan fingerprint density at radius 2 is 1.22 bits per heavy atom. The summed E-state index contributed by atoms with van der Waals surface area (Å²) in [6, 6.07) is 54.4. The van der Waals surface area contributed by atoms with Crippen LogP contribution >= 0.6 is 0 Å². The standard InChI is InChI=1S/C43H34N2/c1-30-19-25-42-39(27-30)40-29-34(22-26-43(40)45(42)37-23-20-32(21-24-37)31-11-4-2-5-12-31)33-13-10-14-35(28-33)38-17-8-9-18-41(38)44-36-15-6-3-7-16-36/h2-26,28-30,44H,27H2,1H3. The van der Waals surface area contributed by atoms with Crippen LogP contribution < -0.4 is 5.32 Å². The lowest BCUT2D eigenvalue weighted by atomic mass is 9.92. The van der Waals surface area contributed by atoms with Crippen molar-refractivity contribution in [2.24, 2.45) is 5.92 Å². The minimum Gasteiger partial charge on any atom is -0.355 e. The van der Waals surface area contributed by atoms with E-state index in [4.69, 9.17) is 0 Å². The zero-order valence-corrected chi connectivity index (χ0v) is 25.3. The second-order valence-electron chi connectivity index (χ2n) is 12.0. The van der Waals surface area contributed by atoms with Gasteiger partial charge in [0.05, 0.1) is 5.52 Å². The number of nitrogens with zero attached hydrogens (tertiary/aromatic N) is 1. The van der Waals surface area contributed by atoms with Gasteiger partial charge in [0.25, 0.3) is 0 Å². The number of hydrogen-bond acceptors (Lipinski definition) is 1. The minimum absolute atomic E-state index is 0.512. The van der Waals surface area contributed by atoms with E-state index in [9.17, 15) is 0 Å². The lowest BCUT2D eigenvalue weighted by molar-refractivity contribution is 0.718. The fourth-order valence-corrected chi connectivity index (χ4v) is 6.69. The zero-order chi connectivity index (χ0) is 30.2. The van der Waals surface area contributed by atoms with Crippen molar-refractivity contribution >= 4 is 28.4 Å². The predicted molar refractivity (Wildman–Crippen MR) is 191 cm³/mol. The Balaban J connectivity index is 1.20. The Bertz CT molecular complexity index is 2150. The number of benzene rings is 6. The van der Waals surface area contributed by atoms with Gasteiger partial charge in [0.15, 0.2) is 0 Å². The summed E-state index contributed by atoms with van der Waals surface area (Å²) in [6.07, 6.45) is 5.71. The van der Waals surface area contributed by atoms with Gasteiger partial charge in [0.1, 0.15) is 0 Å². The molecule has 0 amide bonds. The van der Waals surface area contributed by atoms with Crippen molar-refractivity contribution in [3.05, 3.63) is 169 Å². The maximum absolute atomic E-state index is 3.61. The molecule has 0 saturated carbocycles. The van der Waals surface area contributed by atoms with Gasteiger partial charge in [-0.1, -0.05) is 116 Å². The van der Waals surface area contributed by atoms with E-state index in [1.165, 1.54) is 61.2 Å². The van der Waals surface area contributed by atoms with Gasteiger partial charge >= 0.3 is 0 Å². The lowest BCUT2D eigenvalue weighted by Crippen LogP contribution is -2.05. The van der Waals surface area contributed by atoms with Crippen LogP contribution in [0.1, 0.15) is 18.2 Å². The first-order valence-corrected chi connectivity index (χ1v) is 15.7. The Kier molecular flexibility index (Phi) is 6.88. The molecule has 1 atom stereocenters. The lowest BCUT2D eigenvalue weighted by Gasteiger charge is -2.15. The zero-order valence-electron chi connectivity index (χ0n) is 25.3. The smallest absolute Gasteiger partial charge is 0.0538 e. The van der Waals surface area contributed by atoms with E-state index in [1.807, 2.05) is 6.07 Å². The highest BCUT2D eigenvalue weighted by Gasteiger charge is 2.21. The van der Waals surface area contributed by atoms with Crippen molar-refractivity contribution < 1.29 is 0 Å². The Hall–Kier alpha value is -5.60. The van der Waals surface area contributed by atoms with Crippen molar-refractivity contribution in [3.63, 3.8) is 0 Å². The highest BCUT2D eigenvalue weighted by molar-refractivity contribution is 5.94. The van der Waals surface area contributed by atoms with Crippen molar-refractivity contribution in [2.75, 3.05) is 5.32 Å². The molecule has 7 aromatic rings. The van der Waals surface area contributed by atoms with E-state index in [0.717, 1.165) is 17.8 Å². The summed E-state index contributed by atoms with van der Waals surface area (Å²) in [4.78, 5) is 0. The third-order valence-electron chi connectivity index (χ3n) is 8.94. The second kappa shape index (κ2) is 11.5. The molecule has 6 aromatic carbocycles. The maximum atomic E-state index is 3.61. The molecule has 0 saturated heterocycles. The number of rotatable bonds is 6. The summed E-state index contributed by atoms with van der Waals surface area (Å²) >= 11 is 0. The average molecular weight is 579 g/mol. The van der Waals surface area contributed by atoms with E-state index in [0.29, 0.717) is 5.92 Å². The Morgan fingerprint density at radius 3 is 2.04 bits per heavy atom. The third-order valence-corrected chi connectivity index (χ3v) is 8.94. The van der Waals surface area contributed by atoms with E-state index in [2.05, 4.69) is 175 Å². The maximum Gasteiger partial charge on any atom is 0.0538 e. The van der Waals surface area contributed by atoms with Gasteiger partial charge in [-0.25, -0.2) is 0 Å². The van der Waals surface area contributed by atoms with Gasteiger partial charge in [0.2, 0.25) is 0 Å². The molecule has 1 heterocycles. The molecule has 1 N–H and O–H groups in total. The molecule has 0 bridgehead atoms. The molecule has 1 aliphatic carbocycles. The highest BCUT2D eigenvalue weighted by Crippen LogP contribution is 2.39. The highest BCUT2D eigenvalue weighted by atomic mass is 15.0. The van der Waals surface area contributed by atoms with E-state index in [-0.39, 0.29) is 0 Å². The number of hydrogen-bond donors (Lipinski definition) is 1. The van der Waals surface area contributed by atoms with Gasteiger partial charge in [0, 0.05) is 33.7 Å². The summed E-state index contributed by atoms with van der Waals surface area (Å²) in [5, 5.41) is 4.95. The SMILES string of the molecule is CC1C=Cc2c(c3cc(-c4cccc(-c5ccccc5Nc5ccccc5)c4)ccc3n2-c2ccc(-c3ccccc3)cc2)C1. The van der Waals surface area contributed by atoms with E-state index in [1.54, 1.807) is 0 Å². The van der Waals surface area contributed by atoms with Gasteiger partial charge in [-0.2, -0.15) is 0 Å². The topological polar surface area (TPSA) is 17.0 Å². The number of aromatic nitrogens is 1. The number of allylic oxidation sites excluding steroid dienone is 1. The Labute approximate surface area is 264 Å². The van der Waals surface area contributed by atoms with Crippen molar-refractivity contribution in [1.29, 1.82) is 0 Å². The number of fused-ring (bicyclic) bond motifs is 3. The molecule has 216 valence electrons. The van der Waals surface area contributed by atoms with Gasteiger partial charge in [-0.05, 0) is 100 Å². The molecule has 2 heteroatoms. The molecule has 1 aliphatic rings. The van der Waals surface area contributed by atoms with Crippen molar-refractivity contribution in [3.8, 4) is 39.1 Å². The first-order valence-electron chi connectivity index (χ1n) is 15.7. The van der Waals surface area contributed by atoms with Crippen LogP contribution in [0.15, 0.2) is 158 Å². The van der Waals surface area contributed by atoms with Crippen molar-refractivity contribution in [1.82, 2.24) is 4.57 Å². The van der Waals surface area contributed by atoms with Crippen LogP contribution in [0.5, 0.6) is 0 Å². The predicted octanol–water partition coefficient (Wildman–Crippen LogP) is 11.6. The second-order valence-corrected chi connectivity index (χ2v) is 12.0. The summed E-state index contributed by atoms with van der Waals surface area (Å²) in [5.74, 6) is 0.512. The van der Waals surface area contributed by atoms with Crippen LogP contribution in [0.2, 0.25) is 0 Å². The third kappa shape index (κ3) is 5.15. The van der Waals surface area contributed by atoms with Gasteiger partial charge in [-0.3, -0.25) is 0 Å². The van der Waals surface area contributed by atoms with Crippen LogP contribution in [0.4, 0.5) is 11.4 Å². The average Bonchev–Trinajstić information content (AvgIpc) is 3.42. The van der Waals surface area contributed by atoms with E-state index < -0.39 is 0 Å². The van der Waals surface area contributed by atoms with Crippen LogP contribution in [0.25, 0.3) is 56.0 Å². The van der Waals surface area contributed by atoms with Gasteiger partial charge in [-0.15, -0.1) is 0 Å². The quantitative estimate of drug-likeness (QED) is 0.208. The number of anilines is 2. The molecule has 45 heavy (non-hydrogen) atoms. The molecule has 2 nitrogen and oxygen atoms in total. The van der Waals surface area contributed by atoms with Gasteiger partial charge < -0.3 is 9.88 Å². The molecule has 1 aromatic heterocycles. The molecule has 0 aliphatic heterocycles. The molecule has 0 spiro atoms. The minimum atomic E-state index is 0.512. The van der Waals surface area contributed by atoms with E-state index >= 15 is 0 Å². The fourth-order valence-electron chi connectivity index (χ4n) is 6.69. The molecule has 0 fully saturated rings. The first-order chi connectivity index (χ1) is 22.2. The first kappa shape index (κ1) is 27.0. The summed E-state index contributed by atoms with van der Waals surface area (Å²) < 4.78 is 2.44. The molecule has 0 radical (unpaired) electrons. The fraction of sp³-hybridized carbons (Fsp3) is 0.0698. The normalized spacial score (nSPS) is 13.9. The molecule has 8 rings (SSSR count). The summed E-state index contributed by atoms with van der Waals surface area (Å²) in [6.45, 7) is 2.31. The monoisotopic (exact) mass is 578 g/mol. The molecular weight excluding hydrogens is 544 g/mol. The van der Waals surface area contributed by atoms with Crippen LogP contribution in [0.3, 0.4) is 0 Å². The van der Waals surface area contributed by atoms with Crippen LogP contribution in [-0.4, -0.2) is 4.57 Å². The largest absolute Gasteiger partial charge is 0.355 e. The summed E-state index contributed by atoms with van der Waals surface area (Å²) in [5.41, 5.74) is 14.7. The molecule has 1 unspecified atom stereocenters. The van der Waals surface area contributed by atoms with Crippen molar-refractivity contribution in [2.45, 2.75) is 13.3 Å².